The molecule has 0 aliphatic carbocycles. The number of carbonyl (C=O) groups excluding carboxylic acids is 3. The number of nitrogens with zero attached hydrogens (tertiary/aromatic N) is 2. The van der Waals surface area contributed by atoms with Gasteiger partial charge < -0.3 is 20.6 Å². The fourth-order valence-electron chi connectivity index (χ4n) is 3.89. The molecule has 0 aromatic rings. The fourth-order valence-corrected chi connectivity index (χ4v) is 3.89. The van der Waals surface area contributed by atoms with Crippen LogP contribution in [0.3, 0.4) is 0 Å². The van der Waals surface area contributed by atoms with Gasteiger partial charge in [-0.1, -0.05) is 33.3 Å². The minimum Gasteiger partial charge on any atom is -0.394 e. The third kappa shape index (κ3) is 8.20. The highest BCUT2D eigenvalue weighted by Crippen LogP contribution is 2.20. The number of carbonyl (C=O) groups is 3. The number of rotatable bonds is 11. The van der Waals surface area contributed by atoms with Crippen molar-refractivity contribution in [2.24, 2.45) is 5.92 Å². The summed E-state index contributed by atoms with van der Waals surface area (Å²) < 4.78 is 0. The van der Waals surface area contributed by atoms with E-state index in [9.17, 15) is 19.5 Å². The van der Waals surface area contributed by atoms with Crippen LogP contribution in [0.1, 0.15) is 67.2 Å². The Morgan fingerprint density at radius 1 is 1.16 bits per heavy atom. The third-order valence-electron chi connectivity index (χ3n) is 6.19. The highest BCUT2D eigenvalue weighted by Gasteiger charge is 2.34. The zero-order valence-electron chi connectivity index (χ0n) is 21.0. The summed E-state index contributed by atoms with van der Waals surface area (Å²) in [5.74, 6) is -0.578. The molecule has 1 aliphatic heterocycles. The first kappa shape index (κ1) is 28.1. The molecule has 184 valence electrons. The van der Waals surface area contributed by atoms with Crippen molar-refractivity contribution in [3.05, 3.63) is 11.6 Å². The molecule has 1 saturated heterocycles. The SMILES string of the molecule is CCC(CO)NC(=O)/C(C)=C/CN(C)C(=O)C(NC(=O)C1CCCCN1C(C)C)C(C)C. The van der Waals surface area contributed by atoms with E-state index in [-0.39, 0.29) is 54.9 Å². The van der Waals surface area contributed by atoms with Crippen LogP contribution >= 0.6 is 0 Å². The number of aliphatic hydroxyl groups is 1. The van der Waals surface area contributed by atoms with Gasteiger partial charge in [-0.05, 0) is 52.5 Å². The molecule has 3 atom stereocenters. The Bertz CT molecular complexity index is 658. The molecule has 1 heterocycles. The van der Waals surface area contributed by atoms with Crippen molar-refractivity contribution in [1.82, 2.24) is 20.4 Å². The minimum atomic E-state index is -0.621. The molecular formula is C24H44N4O4. The second kappa shape index (κ2) is 13.6. The lowest BCUT2D eigenvalue weighted by Gasteiger charge is -2.38. The third-order valence-corrected chi connectivity index (χ3v) is 6.19. The Kier molecular flexibility index (Phi) is 11.9. The maximum atomic E-state index is 13.1. The van der Waals surface area contributed by atoms with Gasteiger partial charge in [0.25, 0.3) is 0 Å². The summed E-state index contributed by atoms with van der Waals surface area (Å²) in [4.78, 5) is 42.2. The Morgan fingerprint density at radius 2 is 1.81 bits per heavy atom. The quantitative estimate of drug-likeness (QED) is 0.414. The van der Waals surface area contributed by atoms with Gasteiger partial charge in [0.2, 0.25) is 17.7 Å². The van der Waals surface area contributed by atoms with Crippen molar-refractivity contribution in [3.63, 3.8) is 0 Å². The first-order chi connectivity index (χ1) is 15.0. The second-order valence-corrected chi connectivity index (χ2v) is 9.44. The summed E-state index contributed by atoms with van der Waals surface area (Å²) in [5.41, 5.74) is 0.483. The molecule has 3 unspecified atom stereocenters. The fraction of sp³-hybridized carbons (Fsp3) is 0.792. The molecule has 1 fully saturated rings. The molecule has 0 aromatic heterocycles. The minimum absolute atomic E-state index is 0.0618. The van der Waals surface area contributed by atoms with Crippen LogP contribution in [0.2, 0.25) is 0 Å². The van der Waals surface area contributed by atoms with Crippen LogP contribution in [0, 0.1) is 5.92 Å². The summed E-state index contributed by atoms with van der Waals surface area (Å²) in [6.07, 6.45) is 5.25. The summed E-state index contributed by atoms with van der Waals surface area (Å²) >= 11 is 0. The standard InChI is InChI=1S/C24H44N4O4/c1-8-19(15-29)25-22(30)18(6)12-14-27(7)24(32)21(16(2)3)26-23(31)20-11-9-10-13-28(20)17(4)5/h12,16-17,19-21,29H,8-11,13-15H2,1-7H3,(H,25,30)(H,26,31)/b18-12+. The number of likely N-dealkylation sites (tertiary alicyclic amines) is 1. The zero-order chi connectivity index (χ0) is 24.4. The Balaban J connectivity index is 2.78. The van der Waals surface area contributed by atoms with Crippen molar-refractivity contribution in [2.45, 2.75) is 91.4 Å². The normalized spacial score (nSPS) is 19.6. The molecule has 0 spiro atoms. The topological polar surface area (TPSA) is 102 Å². The molecule has 0 saturated carbocycles. The molecule has 1 aliphatic rings. The maximum Gasteiger partial charge on any atom is 0.246 e. The lowest BCUT2D eigenvalue weighted by atomic mass is 9.97. The number of amides is 3. The summed E-state index contributed by atoms with van der Waals surface area (Å²) in [7, 11) is 1.68. The molecule has 0 radical (unpaired) electrons. The van der Waals surface area contributed by atoms with Crippen LogP contribution < -0.4 is 10.6 Å². The maximum absolute atomic E-state index is 13.1. The van der Waals surface area contributed by atoms with Crippen molar-refractivity contribution >= 4 is 17.7 Å². The van der Waals surface area contributed by atoms with Crippen molar-refractivity contribution in [3.8, 4) is 0 Å². The van der Waals surface area contributed by atoms with Gasteiger partial charge in [0, 0.05) is 25.2 Å². The molecule has 1 rings (SSSR count). The molecular weight excluding hydrogens is 408 g/mol. The van der Waals surface area contributed by atoms with Crippen molar-refractivity contribution < 1.29 is 19.5 Å². The van der Waals surface area contributed by atoms with E-state index < -0.39 is 6.04 Å². The van der Waals surface area contributed by atoms with Crippen LogP contribution in [0.15, 0.2) is 11.6 Å². The smallest absolute Gasteiger partial charge is 0.246 e. The van der Waals surface area contributed by atoms with Crippen molar-refractivity contribution in [1.29, 1.82) is 0 Å². The summed E-state index contributed by atoms with van der Waals surface area (Å²) in [6, 6.07) is -0.827. The summed E-state index contributed by atoms with van der Waals surface area (Å²) in [5, 5.41) is 15.0. The van der Waals surface area contributed by atoms with E-state index >= 15 is 0 Å². The number of hydrogen-bond donors (Lipinski definition) is 3. The molecule has 0 bridgehead atoms. The Labute approximate surface area is 193 Å². The molecule has 32 heavy (non-hydrogen) atoms. The average molecular weight is 453 g/mol. The molecule has 3 N–H and O–H groups in total. The highest BCUT2D eigenvalue weighted by atomic mass is 16.3. The molecule has 8 nitrogen and oxygen atoms in total. The first-order valence-corrected chi connectivity index (χ1v) is 11.9. The second-order valence-electron chi connectivity index (χ2n) is 9.44. The summed E-state index contributed by atoms with van der Waals surface area (Å²) in [6.45, 7) is 12.7. The Hall–Kier alpha value is -1.93. The van der Waals surface area contributed by atoms with Crippen LogP contribution in [0.5, 0.6) is 0 Å². The highest BCUT2D eigenvalue weighted by molar-refractivity contribution is 5.93. The van der Waals surface area contributed by atoms with Gasteiger partial charge >= 0.3 is 0 Å². The average Bonchev–Trinajstić information content (AvgIpc) is 2.77. The Morgan fingerprint density at radius 3 is 2.34 bits per heavy atom. The lowest BCUT2D eigenvalue weighted by Crippen LogP contribution is -2.57. The van der Waals surface area contributed by atoms with Gasteiger partial charge in [0.15, 0.2) is 0 Å². The number of aliphatic hydroxyl groups excluding tert-OH is 1. The van der Waals surface area contributed by atoms with Crippen LogP contribution in [-0.4, -0.2) is 83.5 Å². The van der Waals surface area contributed by atoms with Crippen LogP contribution in [0.4, 0.5) is 0 Å². The van der Waals surface area contributed by atoms with Crippen LogP contribution in [-0.2, 0) is 14.4 Å². The van der Waals surface area contributed by atoms with Gasteiger partial charge in [-0.25, -0.2) is 0 Å². The molecule has 0 aromatic carbocycles. The first-order valence-electron chi connectivity index (χ1n) is 11.9. The largest absolute Gasteiger partial charge is 0.394 e. The predicted octanol–water partition coefficient (Wildman–Crippen LogP) is 1.68. The van der Waals surface area contributed by atoms with E-state index in [2.05, 4.69) is 29.4 Å². The number of likely N-dealkylation sites (N-methyl/N-ethyl adjacent to an activating group) is 1. The van der Waals surface area contributed by atoms with Gasteiger partial charge in [-0.2, -0.15) is 0 Å². The van der Waals surface area contributed by atoms with E-state index in [0.717, 1.165) is 25.8 Å². The van der Waals surface area contributed by atoms with E-state index in [1.54, 1.807) is 20.0 Å². The van der Waals surface area contributed by atoms with E-state index in [0.29, 0.717) is 12.0 Å². The number of hydrogen-bond acceptors (Lipinski definition) is 5. The van der Waals surface area contributed by atoms with E-state index in [1.165, 1.54) is 4.90 Å². The van der Waals surface area contributed by atoms with E-state index in [4.69, 9.17) is 0 Å². The van der Waals surface area contributed by atoms with Gasteiger partial charge in [-0.3, -0.25) is 19.3 Å². The van der Waals surface area contributed by atoms with Crippen LogP contribution in [0.25, 0.3) is 0 Å². The molecule has 8 heteroatoms. The van der Waals surface area contributed by atoms with E-state index in [1.807, 2.05) is 20.8 Å². The van der Waals surface area contributed by atoms with Gasteiger partial charge in [0.05, 0.1) is 18.7 Å². The van der Waals surface area contributed by atoms with Gasteiger partial charge in [0.1, 0.15) is 6.04 Å². The zero-order valence-corrected chi connectivity index (χ0v) is 21.0. The van der Waals surface area contributed by atoms with Gasteiger partial charge in [-0.15, -0.1) is 0 Å². The number of nitrogens with one attached hydrogen (secondary N) is 2. The monoisotopic (exact) mass is 452 g/mol. The molecule has 3 amide bonds. The number of piperidine rings is 1. The predicted molar refractivity (Wildman–Crippen MR) is 127 cm³/mol. The van der Waals surface area contributed by atoms with Crippen molar-refractivity contribution in [2.75, 3.05) is 26.7 Å². The lowest BCUT2D eigenvalue weighted by molar-refractivity contribution is -0.138.